The Morgan fingerprint density at radius 3 is 2.09 bits per heavy atom. The van der Waals surface area contributed by atoms with Gasteiger partial charge in [-0.1, -0.05) is 0 Å². The molecule has 0 aromatic rings. The molecule has 0 bridgehead atoms. The fraction of sp³-hybridized carbons (Fsp3) is 1.00. The molecule has 0 saturated heterocycles. The first kappa shape index (κ1) is 11.3. The van der Waals surface area contributed by atoms with Crippen molar-refractivity contribution in [2.24, 2.45) is 0 Å². The van der Waals surface area contributed by atoms with Gasteiger partial charge in [0.25, 0.3) is 0 Å². The Morgan fingerprint density at radius 2 is 1.82 bits per heavy atom. The first-order valence-electron chi connectivity index (χ1n) is 2.59. The molecule has 1 atom stereocenters. The molecule has 7 nitrogen and oxygen atoms in total. The lowest BCUT2D eigenvalue weighted by molar-refractivity contribution is 0.264. The zero-order valence-corrected chi connectivity index (χ0v) is 7.46. The van der Waals surface area contributed by atoms with E-state index in [1.807, 2.05) is 0 Å². The average Bonchev–Trinajstić information content (AvgIpc) is 1.55. The third kappa shape index (κ3) is 6.65. The summed E-state index contributed by atoms with van der Waals surface area (Å²) in [5.74, 6) is 0. The van der Waals surface area contributed by atoms with Crippen LogP contribution >= 0.6 is 15.5 Å². The zero-order chi connectivity index (χ0) is 9.12. The van der Waals surface area contributed by atoms with E-state index in [0.717, 1.165) is 4.86 Å². The largest absolute Gasteiger partial charge is 0.412 e. The second-order valence-corrected chi connectivity index (χ2v) is 4.77. The molecule has 0 rings (SSSR count). The van der Waals surface area contributed by atoms with Gasteiger partial charge in [-0.25, -0.2) is 9.13 Å². The Kier molecular flexibility index (Phi) is 3.87. The van der Waals surface area contributed by atoms with Gasteiger partial charge in [-0.3, -0.25) is 4.52 Å². The van der Waals surface area contributed by atoms with Gasteiger partial charge < -0.3 is 14.7 Å². The number of hydrogen-bond donors (Lipinski definition) is 4. The highest BCUT2D eigenvalue weighted by Gasteiger charge is 2.28. The van der Waals surface area contributed by atoms with Crippen molar-refractivity contribution in [2.75, 3.05) is 6.61 Å². The molecule has 0 aliphatic heterocycles. The van der Waals surface area contributed by atoms with E-state index in [0.29, 0.717) is 0 Å². The standard InChI is InChI=1S/C2H9NO6P2/c1-2-9-11(7,8)3-10(4,5)6/h2H2,1H3,(H4,3,4,5,6,7,8). The molecule has 0 heterocycles. The predicted molar refractivity (Wildman–Crippen MR) is 36.6 cm³/mol. The molecule has 0 aromatic heterocycles. The third-order valence-corrected chi connectivity index (χ3v) is 3.22. The Hall–Kier alpha value is 0.260. The van der Waals surface area contributed by atoms with Crippen LogP contribution in [0.3, 0.4) is 0 Å². The van der Waals surface area contributed by atoms with Gasteiger partial charge in [-0.05, 0) is 6.92 Å². The van der Waals surface area contributed by atoms with Crippen LogP contribution < -0.4 is 4.86 Å². The van der Waals surface area contributed by atoms with E-state index < -0.39 is 15.5 Å². The molecule has 9 heteroatoms. The van der Waals surface area contributed by atoms with Gasteiger partial charge in [0.05, 0.1) is 6.61 Å². The lowest BCUT2D eigenvalue weighted by atomic mass is 10.9. The van der Waals surface area contributed by atoms with Crippen molar-refractivity contribution in [3.63, 3.8) is 0 Å². The summed E-state index contributed by atoms with van der Waals surface area (Å²) in [5.41, 5.74) is 0. The molecule has 0 aliphatic carbocycles. The number of rotatable bonds is 4. The van der Waals surface area contributed by atoms with Crippen molar-refractivity contribution in [1.82, 2.24) is 4.86 Å². The second kappa shape index (κ2) is 3.78. The Balaban J connectivity index is 4.14. The smallest absolute Gasteiger partial charge is 0.312 e. The molecule has 4 N–H and O–H groups in total. The Bertz CT molecular complexity index is 209. The van der Waals surface area contributed by atoms with E-state index in [1.165, 1.54) is 6.92 Å². The van der Waals surface area contributed by atoms with Gasteiger partial charge in [0.1, 0.15) is 0 Å². The van der Waals surface area contributed by atoms with Crippen molar-refractivity contribution in [1.29, 1.82) is 0 Å². The Labute approximate surface area is 63.2 Å². The minimum absolute atomic E-state index is 0.110. The molecule has 0 aliphatic rings. The van der Waals surface area contributed by atoms with Crippen molar-refractivity contribution >= 4 is 15.5 Å². The maximum absolute atomic E-state index is 10.6. The highest BCUT2D eigenvalue weighted by molar-refractivity contribution is 7.66. The molecular weight excluding hydrogens is 196 g/mol. The van der Waals surface area contributed by atoms with Crippen molar-refractivity contribution < 1.29 is 28.3 Å². The second-order valence-electron chi connectivity index (χ2n) is 1.58. The third-order valence-electron chi connectivity index (χ3n) is 0.561. The number of nitrogens with one attached hydrogen (secondary N) is 1. The Morgan fingerprint density at radius 1 is 1.36 bits per heavy atom. The average molecular weight is 205 g/mol. The van der Waals surface area contributed by atoms with Crippen LogP contribution in [0.4, 0.5) is 0 Å². The molecule has 0 radical (unpaired) electrons. The van der Waals surface area contributed by atoms with Gasteiger partial charge >= 0.3 is 15.5 Å². The van der Waals surface area contributed by atoms with Gasteiger partial charge in [-0.15, -0.1) is 4.86 Å². The summed E-state index contributed by atoms with van der Waals surface area (Å²) < 4.78 is 24.8. The molecule has 0 spiro atoms. The van der Waals surface area contributed by atoms with E-state index in [4.69, 9.17) is 14.7 Å². The van der Waals surface area contributed by atoms with Crippen LogP contribution in [-0.4, -0.2) is 21.3 Å². The molecular formula is C2H9NO6P2. The molecule has 0 saturated carbocycles. The van der Waals surface area contributed by atoms with Crippen LogP contribution in [-0.2, 0) is 13.7 Å². The van der Waals surface area contributed by atoms with Crippen LogP contribution in [0, 0.1) is 0 Å². The van der Waals surface area contributed by atoms with Crippen molar-refractivity contribution in [3.8, 4) is 0 Å². The molecule has 11 heavy (non-hydrogen) atoms. The topological polar surface area (TPSA) is 116 Å². The maximum Gasteiger partial charge on any atom is 0.412 e. The lowest BCUT2D eigenvalue weighted by Gasteiger charge is -2.11. The SMILES string of the molecule is CCOP(=O)(O)NP(=O)(O)O. The highest BCUT2D eigenvalue weighted by atomic mass is 31.3. The van der Waals surface area contributed by atoms with Gasteiger partial charge in [0, 0.05) is 0 Å². The van der Waals surface area contributed by atoms with Crippen LogP contribution in [0.5, 0.6) is 0 Å². The predicted octanol–water partition coefficient (Wildman–Crippen LogP) is -0.194. The van der Waals surface area contributed by atoms with Crippen LogP contribution in [0.1, 0.15) is 6.92 Å². The van der Waals surface area contributed by atoms with Gasteiger partial charge in [-0.2, -0.15) is 0 Å². The summed E-state index contributed by atoms with van der Waals surface area (Å²) in [6.07, 6.45) is 0. The summed E-state index contributed by atoms with van der Waals surface area (Å²) in [4.78, 5) is 26.1. The van der Waals surface area contributed by atoms with Crippen LogP contribution in [0.15, 0.2) is 0 Å². The molecule has 68 valence electrons. The quantitative estimate of drug-likeness (QED) is 0.469. The summed E-state index contributed by atoms with van der Waals surface area (Å²) in [6.45, 7) is 1.31. The van der Waals surface area contributed by atoms with Crippen molar-refractivity contribution in [2.45, 2.75) is 6.92 Å². The minimum Gasteiger partial charge on any atom is -0.312 e. The van der Waals surface area contributed by atoms with Crippen LogP contribution in [0.25, 0.3) is 0 Å². The van der Waals surface area contributed by atoms with E-state index in [-0.39, 0.29) is 6.61 Å². The summed E-state index contributed by atoms with van der Waals surface area (Å²) in [5, 5.41) is 0. The van der Waals surface area contributed by atoms with Gasteiger partial charge in [0.15, 0.2) is 0 Å². The van der Waals surface area contributed by atoms with E-state index in [9.17, 15) is 9.13 Å². The molecule has 0 amide bonds. The van der Waals surface area contributed by atoms with E-state index in [2.05, 4.69) is 4.52 Å². The first-order valence-corrected chi connectivity index (χ1v) is 5.78. The van der Waals surface area contributed by atoms with Crippen molar-refractivity contribution in [3.05, 3.63) is 0 Å². The van der Waals surface area contributed by atoms with E-state index >= 15 is 0 Å². The number of hydrogen-bond acceptors (Lipinski definition) is 3. The normalized spacial score (nSPS) is 17.8. The van der Waals surface area contributed by atoms with E-state index in [1.54, 1.807) is 0 Å². The molecule has 1 unspecified atom stereocenters. The monoisotopic (exact) mass is 205 g/mol. The molecule has 0 fully saturated rings. The van der Waals surface area contributed by atoms with Gasteiger partial charge in [0.2, 0.25) is 0 Å². The lowest BCUT2D eigenvalue weighted by Crippen LogP contribution is -2.08. The minimum atomic E-state index is -4.71. The molecule has 0 aromatic carbocycles. The fourth-order valence-electron chi connectivity index (χ4n) is 0.368. The summed E-state index contributed by atoms with van der Waals surface area (Å²) in [7, 11) is -9.03. The highest BCUT2D eigenvalue weighted by Crippen LogP contribution is 2.48. The summed E-state index contributed by atoms with van der Waals surface area (Å²) >= 11 is 0. The van der Waals surface area contributed by atoms with Crippen LogP contribution in [0.2, 0.25) is 0 Å². The fourth-order valence-corrected chi connectivity index (χ4v) is 2.27. The first-order chi connectivity index (χ1) is 4.77. The summed E-state index contributed by atoms with van der Waals surface area (Å²) in [6, 6.07) is 0. The maximum atomic E-state index is 10.6. The zero-order valence-electron chi connectivity index (χ0n) is 5.67.